The summed E-state index contributed by atoms with van der Waals surface area (Å²) in [7, 11) is 0. The zero-order valence-corrected chi connectivity index (χ0v) is 16.4. The van der Waals surface area contributed by atoms with Crippen molar-refractivity contribution < 1.29 is 19.1 Å². The average molecular weight is 392 g/mol. The Morgan fingerprint density at radius 2 is 1.86 bits per heavy atom. The fraction of sp³-hybridized carbons (Fsp3) is 0.304. The molecule has 0 spiro atoms. The first-order chi connectivity index (χ1) is 13.8. The summed E-state index contributed by atoms with van der Waals surface area (Å²) < 4.78 is 5.76. The third-order valence-electron chi connectivity index (χ3n) is 5.81. The van der Waals surface area contributed by atoms with Gasteiger partial charge in [0.2, 0.25) is 5.91 Å². The van der Waals surface area contributed by atoms with Gasteiger partial charge in [0, 0.05) is 5.39 Å². The highest BCUT2D eigenvalue weighted by molar-refractivity contribution is 6.09. The molecule has 1 saturated carbocycles. The van der Waals surface area contributed by atoms with Gasteiger partial charge >= 0.3 is 0 Å². The van der Waals surface area contributed by atoms with Crippen LogP contribution in [0.15, 0.2) is 52.9 Å². The van der Waals surface area contributed by atoms with Gasteiger partial charge in [-0.25, -0.2) is 0 Å². The van der Waals surface area contributed by atoms with Crippen molar-refractivity contribution in [3.8, 4) is 0 Å². The molecule has 4 N–H and O–H groups in total. The van der Waals surface area contributed by atoms with Crippen LogP contribution in [0.4, 0.5) is 0 Å². The fourth-order valence-corrected chi connectivity index (χ4v) is 3.87. The topological polar surface area (TPSA) is 106 Å². The number of nitrogens with two attached hydrogens (primary N) is 1. The standard InChI is InChI=1S/C23H24N2O4/c1-13-20(21(27)25-23(2,12-26)22(24)28)18-10-15(8-9-19(18)29-13)17-11-16(17)14-6-4-3-5-7-14/h3-10,16-17,26H,11-12H2,1-2H3,(H2,24,28)(H,25,27). The third-order valence-corrected chi connectivity index (χ3v) is 5.81. The van der Waals surface area contributed by atoms with E-state index in [-0.39, 0.29) is 0 Å². The van der Waals surface area contributed by atoms with Crippen LogP contribution in [-0.4, -0.2) is 29.1 Å². The Morgan fingerprint density at radius 3 is 2.52 bits per heavy atom. The normalized spacial score (nSPS) is 20.2. The van der Waals surface area contributed by atoms with Crippen molar-refractivity contribution >= 4 is 22.8 Å². The number of benzene rings is 2. The summed E-state index contributed by atoms with van der Waals surface area (Å²) in [5, 5.41) is 12.8. The largest absolute Gasteiger partial charge is 0.461 e. The van der Waals surface area contributed by atoms with Crippen LogP contribution in [0.3, 0.4) is 0 Å². The van der Waals surface area contributed by atoms with E-state index in [4.69, 9.17) is 10.2 Å². The molecular weight excluding hydrogens is 368 g/mol. The number of aliphatic hydroxyl groups is 1. The Labute approximate surface area is 168 Å². The first kappa shape index (κ1) is 19.2. The lowest BCUT2D eigenvalue weighted by Gasteiger charge is -2.24. The molecule has 0 aliphatic heterocycles. The van der Waals surface area contributed by atoms with Crippen LogP contribution in [-0.2, 0) is 4.79 Å². The van der Waals surface area contributed by atoms with Gasteiger partial charge in [0.25, 0.3) is 5.91 Å². The zero-order valence-electron chi connectivity index (χ0n) is 16.4. The van der Waals surface area contributed by atoms with E-state index in [0.29, 0.717) is 34.1 Å². The lowest BCUT2D eigenvalue weighted by Crippen LogP contribution is -2.57. The lowest BCUT2D eigenvalue weighted by molar-refractivity contribution is -0.124. The summed E-state index contributed by atoms with van der Waals surface area (Å²) >= 11 is 0. The van der Waals surface area contributed by atoms with Crippen molar-refractivity contribution in [2.45, 2.75) is 37.6 Å². The summed E-state index contributed by atoms with van der Waals surface area (Å²) in [6.45, 7) is 2.51. The molecule has 1 aliphatic rings. The van der Waals surface area contributed by atoms with E-state index in [1.807, 2.05) is 36.4 Å². The van der Waals surface area contributed by atoms with Gasteiger partial charge in [0.15, 0.2) is 0 Å². The second-order valence-corrected chi connectivity index (χ2v) is 7.96. The molecule has 1 aliphatic carbocycles. The molecule has 3 aromatic rings. The fourth-order valence-electron chi connectivity index (χ4n) is 3.87. The molecule has 1 fully saturated rings. The van der Waals surface area contributed by atoms with E-state index >= 15 is 0 Å². The molecule has 0 saturated heterocycles. The van der Waals surface area contributed by atoms with Crippen LogP contribution in [0.2, 0.25) is 0 Å². The van der Waals surface area contributed by atoms with Crippen molar-refractivity contribution in [1.29, 1.82) is 0 Å². The van der Waals surface area contributed by atoms with Gasteiger partial charge in [-0.05, 0) is 55.4 Å². The molecule has 29 heavy (non-hydrogen) atoms. The van der Waals surface area contributed by atoms with E-state index in [1.54, 1.807) is 6.92 Å². The van der Waals surface area contributed by atoms with Crippen molar-refractivity contribution in [2.75, 3.05) is 6.61 Å². The first-order valence-electron chi connectivity index (χ1n) is 9.65. The van der Waals surface area contributed by atoms with E-state index in [2.05, 4.69) is 17.4 Å². The molecule has 4 rings (SSSR count). The molecule has 0 bridgehead atoms. The maximum Gasteiger partial charge on any atom is 0.256 e. The number of rotatable bonds is 6. The molecule has 3 unspecified atom stereocenters. The summed E-state index contributed by atoms with van der Waals surface area (Å²) in [5.74, 6) is 0.0369. The van der Waals surface area contributed by atoms with Crippen LogP contribution in [0.1, 0.15) is 52.4 Å². The number of nitrogens with one attached hydrogen (secondary N) is 1. The van der Waals surface area contributed by atoms with E-state index in [1.165, 1.54) is 12.5 Å². The predicted octanol–water partition coefficient (Wildman–Crippen LogP) is 2.98. The number of aliphatic hydroxyl groups excluding tert-OH is 1. The van der Waals surface area contributed by atoms with Crippen LogP contribution in [0.5, 0.6) is 0 Å². The third kappa shape index (κ3) is 3.40. The monoisotopic (exact) mass is 392 g/mol. The minimum absolute atomic E-state index is 0.361. The molecule has 2 amide bonds. The highest BCUT2D eigenvalue weighted by Crippen LogP contribution is 2.55. The number of carbonyl (C=O) groups is 2. The summed E-state index contributed by atoms with van der Waals surface area (Å²) in [6, 6.07) is 16.3. The van der Waals surface area contributed by atoms with Crippen LogP contribution in [0, 0.1) is 6.92 Å². The summed E-state index contributed by atoms with van der Waals surface area (Å²) in [5.41, 5.74) is 7.24. The number of hydrogen-bond acceptors (Lipinski definition) is 4. The molecular formula is C23H24N2O4. The van der Waals surface area contributed by atoms with Gasteiger partial charge in [-0.1, -0.05) is 36.4 Å². The predicted molar refractivity (Wildman–Crippen MR) is 110 cm³/mol. The van der Waals surface area contributed by atoms with Crippen molar-refractivity contribution in [1.82, 2.24) is 5.32 Å². The zero-order chi connectivity index (χ0) is 20.8. The number of aryl methyl sites for hydroxylation is 1. The van der Waals surface area contributed by atoms with Crippen molar-refractivity contribution in [3.05, 3.63) is 71.0 Å². The van der Waals surface area contributed by atoms with Crippen molar-refractivity contribution in [3.63, 3.8) is 0 Å². The smallest absolute Gasteiger partial charge is 0.256 e. The van der Waals surface area contributed by atoms with Gasteiger partial charge in [0.05, 0.1) is 12.2 Å². The van der Waals surface area contributed by atoms with Gasteiger partial charge in [-0.3, -0.25) is 9.59 Å². The number of furan rings is 1. The SMILES string of the molecule is Cc1oc2ccc(C3CC3c3ccccc3)cc2c1C(=O)NC(C)(CO)C(N)=O. The minimum Gasteiger partial charge on any atom is -0.461 e. The Balaban J connectivity index is 1.66. The Morgan fingerprint density at radius 1 is 1.17 bits per heavy atom. The van der Waals surface area contributed by atoms with E-state index < -0.39 is 24.0 Å². The van der Waals surface area contributed by atoms with Crippen molar-refractivity contribution in [2.24, 2.45) is 5.73 Å². The highest BCUT2D eigenvalue weighted by atomic mass is 16.3. The number of primary amides is 1. The van der Waals surface area contributed by atoms with Crippen LogP contribution >= 0.6 is 0 Å². The second kappa shape index (κ2) is 7.04. The molecule has 1 heterocycles. The molecule has 1 aromatic heterocycles. The Kier molecular flexibility index (Phi) is 4.67. The molecule has 6 heteroatoms. The molecule has 6 nitrogen and oxygen atoms in total. The Hall–Kier alpha value is -3.12. The number of hydrogen-bond donors (Lipinski definition) is 3. The van der Waals surface area contributed by atoms with Gasteiger partial charge < -0.3 is 20.6 Å². The van der Waals surface area contributed by atoms with E-state index in [0.717, 1.165) is 12.0 Å². The maximum absolute atomic E-state index is 12.9. The number of fused-ring (bicyclic) bond motifs is 1. The number of carbonyl (C=O) groups excluding carboxylic acids is 2. The van der Waals surface area contributed by atoms with Gasteiger partial charge in [-0.15, -0.1) is 0 Å². The second-order valence-electron chi connectivity index (χ2n) is 7.96. The van der Waals surface area contributed by atoms with Gasteiger partial charge in [0.1, 0.15) is 16.9 Å². The van der Waals surface area contributed by atoms with Crippen LogP contribution < -0.4 is 11.1 Å². The first-order valence-corrected chi connectivity index (χ1v) is 9.65. The molecule has 2 aromatic carbocycles. The summed E-state index contributed by atoms with van der Waals surface area (Å²) in [6.07, 6.45) is 1.07. The minimum atomic E-state index is -1.54. The van der Waals surface area contributed by atoms with Gasteiger partial charge in [-0.2, -0.15) is 0 Å². The molecule has 150 valence electrons. The molecule has 0 radical (unpaired) electrons. The quantitative estimate of drug-likeness (QED) is 0.600. The summed E-state index contributed by atoms with van der Waals surface area (Å²) in [4.78, 5) is 24.6. The number of amides is 2. The molecule has 3 atom stereocenters. The van der Waals surface area contributed by atoms with Crippen LogP contribution in [0.25, 0.3) is 11.0 Å². The van der Waals surface area contributed by atoms with E-state index in [9.17, 15) is 14.7 Å². The Bertz CT molecular complexity index is 1090. The lowest BCUT2D eigenvalue weighted by atomic mass is 9.99. The highest BCUT2D eigenvalue weighted by Gasteiger charge is 2.40. The maximum atomic E-state index is 12.9. The average Bonchev–Trinajstić information content (AvgIpc) is 3.44.